The number of fused-ring (bicyclic) bond motifs is 2. The van der Waals surface area contributed by atoms with Gasteiger partial charge in [0.25, 0.3) is 0 Å². The van der Waals surface area contributed by atoms with Crippen LogP contribution in [0, 0.1) is 0 Å². The van der Waals surface area contributed by atoms with Gasteiger partial charge in [0.1, 0.15) is 0 Å². The zero-order valence-electron chi connectivity index (χ0n) is 15.9. The van der Waals surface area contributed by atoms with E-state index in [4.69, 9.17) is 0 Å². The fourth-order valence-corrected chi connectivity index (χ4v) is 5.22. The Kier molecular flexibility index (Phi) is 5.44. The Morgan fingerprint density at radius 3 is 2.54 bits per heavy atom. The fourth-order valence-electron chi connectivity index (χ4n) is 4.38. The average Bonchev–Trinajstić information content (AvgIpc) is 3.45. The minimum absolute atomic E-state index is 0.573. The number of hydrogen-bond donors (Lipinski definition) is 2. The molecule has 146 valence electrons. The summed E-state index contributed by atoms with van der Waals surface area (Å²) in [5, 5.41) is 19.2. The van der Waals surface area contributed by atoms with Crippen molar-refractivity contribution in [1.29, 1.82) is 0 Å². The molecule has 0 spiro atoms. The molecule has 4 heterocycles. The van der Waals surface area contributed by atoms with E-state index in [0.29, 0.717) is 12.1 Å². The van der Waals surface area contributed by atoms with Gasteiger partial charge in [-0.1, -0.05) is 30.3 Å². The Bertz CT molecular complexity index is 893. The quantitative estimate of drug-likeness (QED) is 0.656. The molecular formula is C22H25N3O2S. The van der Waals surface area contributed by atoms with Gasteiger partial charge in [-0.3, -0.25) is 9.89 Å². The van der Waals surface area contributed by atoms with Gasteiger partial charge in [-0.15, -0.1) is 11.3 Å². The second-order valence-electron chi connectivity index (χ2n) is 7.71. The Labute approximate surface area is 169 Å². The second-order valence-corrected chi connectivity index (χ2v) is 8.62. The van der Waals surface area contributed by atoms with Crippen molar-refractivity contribution in [2.45, 2.75) is 43.4 Å². The first-order chi connectivity index (χ1) is 13.6. The monoisotopic (exact) mass is 395 g/mol. The third-order valence-electron chi connectivity index (χ3n) is 5.98. The van der Waals surface area contributed by atoms with Crippen molar-refractivity contribution < 1.29 is 9.90 Å². The van der Waals surface area contributed by atoms with E-state index >= 15 is 0 Å². The molecule has 0 saturated carbocycles. The number of aliphatic hydroxyl groups is 1. The molecule has 5 rings (SSSR count). The van der Waals surface area contributed by atoms with Gasteiger partial charge in [0.2, 0.25) is 0 Å². The van der Waals surface area contributed by atoms with Crippen LogP contribution in [-0.2, 0) is 5.60 Å². The average molecular weight is 396 g/mol. The molecule has 0 amide bonds. The highest BCUT2D eigenvalue weighted by atomic mass is 32.1. The van der Waals surface area contributed by atoms with Crippen LogP contribution in [0.4, 0.5) is 0 Å². The van der Waals surface area contributed by atoms with Crippen LogP contribution in [0.3, 0.4) is 0 Å². The van der Waals surface area contributed by atoms with Crippen LogP contribution >= 0.6 is 11.3 Å². The summed E-state index contributed by atoms with van der Waals surface area (Å²) in [6.07, 6.45) is 8.67. The van der Waals surface area contributed by atoms with Crippen LogP contribution in [0.1, 0.15) is 41.6 Å². The molecule has 2 fully saturated rings. The van der Waals surface area contributed by atoms with Crippen LogP contribution in [0.2, 0.25) is 0 Å². The van der Waals surface area contributed by atoms with Crippen molar-refractivity contribution >= 4 is 17.6 Å². The number of carbonyl (C=O) groups excluding carboxylic acids is 1. The molecule has 2 saturated heterocycles. The number of nitrogens with one attached hydrogen (secondary N) is 1. The Morgan fingerprint density at radius 1 is 1.25 bits per heavy atom. The number of piperidine rings is 1. The number of H-pyrrole nitrogens is 1. The summed E-state index contributed by atoms with van der Waals surface area (Å²) < 4.78 is 0. The molecule has 3 aromatic rings. The SMILES string of the molecule is CN1C2CCC1CC(O)(c1ccccc1)C2.O=Cc1csc(-c2cn[nH]c2)c1. The zero-order chi connectivity index (χ0) is 19.6. The van der Waals surface area contributed by atoms with Crippen molar-refractivity contribution in [2.24, 2.45) is 0 Å². The van der Waals surface area contributed by atoms with Crippen LogP contribution < -0.4 is 0 Å². The highest BCUT2D eigenvalue weighted by molar-refractivity contribution is 7.13. The fraction of sp³-hybridized carbons (Fsp3) is 0.364. The van der Waals surface area contributed by atoms with Crippen LogP contribution in [-0.4, -0.2) is 45.6 Å². The molecule has 2 bridgehead atoms. The third kappa shape index (κ3) is 3.81. The summed E-state index contributed by atoms with van der Waals surface area (Å²) in [6, 6.07) is 13.2. The van der Waals surface area contributed by atoms with Crippen LogP contribution in [0.5, 0.6) is 0 Å². The molecule has 1 aromatic carbocycles. The van der Waals surface area contributed by atoms with Crippen molar-refractivity contribution in [3.05, 3.63) is 65.3 Å². The highest BCUT2D eigenvalue weighted by Gasteiger charge is 2.46. The molecule has 2 unspecified atom stereocenters. The minimum atomic E-state index is -0.584. The Morgan fingerprint density at radius 2 is 1.96 bits per heavy atom. The first-order valence-electron chi connectivity index (χ1n) is 9.62. The van der Waals surface area contributed by atoms with Crippen LogP contribution in [0.25, 0.3) is 10.4 Å². The van der Waals surface area contributed by atoms with Gasteiger partial charge in [0.05, 0.1) is 11.8 Å². The van der Waals surface area contributed by atoms with Gasteiger partial charge >= 0.3 is 0 Å². The lowest BCUT2D eigenvalue weighted by Gasteiger charge is -2.42. The van der Waals surface area contributed by atoms with Gasteiger partial charge in [0.15, 0.2) is 6.29 Å². The van der Waals surface area contributed by atoms with Crippen molar-refractivity contribution in [1.82, 2.24) is 15.1 Å². The highest BCUT2D eigenvalue weighted by Crippen LogP contribution is 2.44. The predicted octanol–water partition coefficient (Wildman–Crippen LogP) is 4.08. The second kappa shape index (κ2) is 7.99. The van der Waals surface area contributed by atoms with E-state index < -0.39 is 5.60 Å². The third-order valence-corrected chi connectivity index (χ3v) is 6.98. The normalized spacial score (nSPS) is 26.5. The minimum Gasteiger partial charge on any atom is -0.385 e. The van der Waals surface area contributed by atoms with Crippen molar-refractivity contribution in [3.63, 3.8) is 0 Å². The number of thiophene rings is 1. The van der Waals surface area contributed by atoms with Crippen LogP contribution in [0.15, 0.2) is 54.2 Å². The molecule has 5 nitrogen and oxygen atoms in total. The van der Waals surface area contributed by atoms with E-state index in [2.05, 4.69) is 34.3 Å². The van der Waals surface area contributed by atoms with Crippen molar-refractivity contribution in [2.75, 3.05) is 7.05 Å². The van der Waals surface area contributed by atoms with Crippen molar-refractivity contribution in [3.8, 4) is 10.4 Å². The molecule has 6 heteroatoms. The number of rotatable bonds is 3. The molecule has 2 aromatic heterocycles. The molecular weight excluding hydrogens is 370 g/mol. The van der Waals surface area contributed by atoms with Gasteiger partial charge < -0.3 is 10.0 Å². The molecule has 2 atom stereocenters. The Hall–Kier alpha value is -2.28. The topological polar surface area (TPSA) is 69.2 Å². The summed E-state index contributed by atoms with van der Waals surface area (Å²) in [6.45, 7) is 0. The molecule has 2 aliphatic heterocycles. The van der Waals surface area contributed by atoms with E-state index in [1.54, 1.807) is 23.7 Å². The summed E-state index contributed by atoms with van der Waals surface area (Å²) in [5.74, 6) is 0. The molecule has 2 N–H and O–H groups in total. The maximum atomic E-state index is 10.8. The lowest BCUT2D eigenvalue weighted by molar-refractivity contribution is -0.0493. The molecule has 28 heavy (non-hydrogen) atoms. The van der Waals surface area contributed by atoms with Gasteiger partial charge in [-0.2, -0.15) is 5.10 Å². The molecule has 2 aliphatic rings. The number of aldehydes is 1. The number of benzene rings is 1. The number of aromatic amines is 1. The van der Waals surface area contributed by atoms with E-state index in [-0.39, 0.29) is 0 Å². The summed E-state index contributed by atoms with van der Waals surface area (Å²) >= 11 is 1.54. The molecule has 0 radical (unpaired) electrons. The maximum Gasteiger partial charge on any atom is 0.150 e. The number of carbonyl (C=O) groups is 1. The predicted molar refractivity (Wildman–Crippen MR) is 111 cm³/mol. The van der Waals surface area contributed by atoms with Gasteiger partial charge in [-0.25, -0.2) is 0 Å². The summed E-state index contributed by atoms with van der Waals surface area (Å²) in [5.41, 5.74) is 2.25. The Balaban J connectivity index is 0.000000143. The maximum absolute atomic E-state index is 10.8. The van der Waals surface area contributed by atoms with Gasteiger partial charge in [0, 0.05) is 39.7 Å². The van der Waals surface area contributed by atoms with E-state index in [0.717, 1.165) is 40.7 Å². The molecule has 0 aliphatic carbocycles. The summed E-state index contributed by atoms with van der Waals surface area (Å²) in [7, 11) is 2.20. The van der Waals surface area contributed by atoms with E-state index in [1.807, 2.05) is 29.6 Å². The van der Waals surface area contributed by atoms with Gasteiger partial charge in [-0.05, 0) is 44.4 Å². The lowest BCUT2D eigenvalue weighted by Crippen LogP contribution is -2.47. The number of hydrogen-bond acceptors (Lipinski definition) is 5. The number of nitrogens with zero attached hydrogens (tertiary/aromatic N) is 2. The largest absolute Gasteiger partial charge is 0.385 e. The lowest BCUT2D eigenvalue weighted by atomic mass is 9.81. The van der Waals surface area contributed by atoms with E-state index in [1.165, 1.54) is 12.8 Å². The smallest absolute Gasteiger partial charge is 0.150 e. The number of aromatic nitrogens is 2. The summed E-state index contributed by atoms with van der Waals surface area (Å²) in [4.78, 5) is 13.9. The first kappa shape index (κ1) is 19.1. The zero-order valence-corrected chi connectivity index (χ0v) is 16.7. The first-order valence-corrected chi connectivity index (χ1v) is 10.5. The van der Waals surface area contributed by atoms with E-state index in [9.17, 15) is 9.90 Å². The standard InChI is InChI=1S/C14H19NO.C8H6N2OS/c1-15-12-7-8-13(15)10-14(16,9-12)11-5-3-2-4-6-11;11-4-6-1-8(12-5-6)7-2-9-10-3-7/h2-6,12-13,16H,7-10H2,1H3;1-5H,(H,9,10).